The summed E-state index contributed by atoms with van der Waals surface area (Å²) in [6.07, 6.45) is 0. The number of rotatable bonds is 6. The van der Waals surface area contributed by atoms with E-state index >= 15 is 0 Å². The number of furan rings is 2. The average molecular weight is 704 g/mol. The van der Waals surface area contributed by atoms with Crippen molar-refractivity contribution in [3.63, 3.8) is 0 Å². The van der Waals surface area contributed by atoms with E-state index in [1.165, 1.54) is 11.1 Å². The maximum absolute atomic E-state index is 6.86. The Morgan fingerprint density at radius 3 is 1.62 bits per heavy atom. The molecule has 0 amide bonds. The van der Waals surface area contributed by atoms with Crippen LogP contribution in [0.2, 0.25) is 0 Å². The summed E-state index contributed by atoms with van der Waals surface area (Å²) >= 11 is 0. The number of hydrogen-bond donors (Lipinski definition) is 0. The van der Waals surface area contributed by atoms with Crippen LogP contribution in [0.5, 0.6) is 0 Å². The summed E-state index contributed by atoms with van der Waals surface area (Å²) in [6, 6.07) is 70.8. The molecule has 0 bridgehead atoms. The summed E-state index contributed by atoms with van der Waals surface area (Å²) in [4.78, 5) is 2.31. The van der Waals surface area contributed by atoms with Gasteiger partial charge in [-0.1, -0.05) is 152 Å². The largest absolute Gasteiger partial charge is 0.455 e. The van der Waals surface area contributed by atoms with Gasteiger partial charge in [0.2, 0.25) is 0 Å². The van der Waals surface area contributed by atoms with E-state index in [0.29, 0.717) is 0 Å². The molecule has 3 heteroatoms. The highest BCUT2D eigenvalue weighted by atomic mass is 16.3. The van der Waals surface area contributed by atoms with Gasteiger partial charge in [-0.25, -0.2) is 0 Å². The molecule has 11 rings (SSSR count). The van der Waals surface area contributed by atoms with Crippen molar-refractivity contribution in [2.45, 2.75) is 0 Å². The van der Waals surface area contributed by atoms with Gasteiger partial charge >= 0.3 is 0 Å². The van der Waals surface area contributed by atoms with Gasteiger partial charge < -0.3 is 13.7 Å². The first-order chi connectivity index (χ1) is 27.3. The highest BCUT2D eigenvalue weighted by molar-refractivity contribution is 6.17. The third kappa shape index (κ3) is 5.20. The Balaban J connectivity index is 1.03. The smallest absolute Gasteiger partial charge is 0.159 e. The van der Waals surface area contributed by atoms with E-state index in [2.05, 4.69) is 199 Å². The van der Waals surface area contributed by atoms with Crippen molar-refractivity contribution in [2.75, 3.05) is 4.90 Å². The molecule has 0 N–H and O–H groups in total. The number of nitrogens with zero attached hydrogens (tertiary/aromatic N) is 1. The molecule has 55 heavy (non-hydrogen) atoms. The van der Waals surface area contributed by atoms with Gasteiger partial charge in [0.1, 0.15) is 16.7 Å². The van der Waals surface area contributed by atoms with Crippen LogP contribution >= 0.6 is 0 Å². The molecule has 0 atom stereocenters. The molecule has 258 valence electrons. The number of para-hydroxylation sites is 2. The molecule has 2 heterocycles. The normalized spacial score (nSPS) is 11.6. The predicted molar refractivity (Wildman–Crippen MR) is 229 cm³/mol. The molecule has 0 aliphatic carbocycles. The van der Waals surface area contributed by atoms with Crippen LogP contribution in [0.25, 0.3) is 88.0 Å². The maximum atomic E-state index is 6.86. The van der Waals surface area contributed by atoms with Gasteiger partial charge in [0.15, 0.2) is 5.58 Å². The van der Waals surface area contributed by atoms with E-state index in [0.717, 1.165) is 94.0 Å². The molecule has 0 saturated carbocycles. The van der Waals surface area contributed by atoms with Crippen LogP contribution in [0.15, 0.2) is 209 Å². The summed E-state index contributed by atoms with van der Waals surface area (Å²) in [5.41, 5.74) is 13.5. The second-order valence-electron chi connectivity index (χ2n) is 14.1. The topological polar surface area (TPSA) is 29.5 Å². The molecular formula is C52H33NO2. The van der Waals surface area contributed by atoms with E-state index < -0.39 is 0 Å². The van der Waals surface area contributed by atoms with E-state index in [1.807, 2.05) is 6.07 Å². The van der Waals surface area contributed by atoms with Gasteiger partial charge in [0.25, 0.3) is 0 Å². The zero-order valence-electron chi connectivity index (χ0n) is 29.8. The van der Waals surface area contributed by atoms with E-state index in [4.69, 9.17) is 8.83 Å². The molecule has 0 radical (unpaired) electrons. The number of fused-ring (bicyclic) bond motifs is 8. The second-order valence-corrected chi connectivity index (χ2v) is 14.1. The van der Waals surface area contributed by atoms with Gasteiger partial charge in [-0.05, 0) is 81.7 Å². The number of benzene rings is 9. The van der Waals surface area contributed by atoms with E-state index in [-0.39, 0.29) is 0 Å². The minimum Gasteiger partial charge on any atom is -0.455 e. The van der Waals surface area contributed by atoms with Gasteiger partial charge in [-0.15, -0.1) is 0 Å². The van der Waals surface area contributed by atoms with Crippen molar-refractivity contribution in [2.24, 2.45) is 0 Å². The fourth-order valence-corrected chi connectivity index (χ4v) is 8.17. The first-order valence-electron chi connectivity index (χ1n) is 18.7. The van der Waals surface area contributed by atoms with Crippen molar-refractivity contribution in [1.82, 2.24) is 0 Å². The van der Waals surface area contributed by atoms with Crippen LogP contribution in [0.3, 0.4) is 0 Å². The maximum Gasteiger partial charge on any atom is 0.159 e. The molecule has 0 saturated heterocycles. The average Bonchev–Trinajstić information content (AvgIpc) is 3.84. The van der Waals surface area contributed by atoms with Crippen molar-refractivity contribution in [3.05, 3.63) is 200 Å². The Labute approximate surface area is 317 Å². The van der Waals surface area contributed by atoms with Gasteiger partial charge in [0.05, 0.1) is 5.69 Å². The minimum absolute atomic E-state index is 0.859. The summed E-state index contributed by atoms with van der Waals surface area (Å²) in [6.45, 7) is 0. The van der Waals surface area contributed by atoms with Crippen LogP contribution in [0.1, 0.15) is 0 Å². The Kier molecular flexibility index (Phi) is 7.17. The first-order valence-corrected chi connectivity index (χ1v) is 18.7. The second kappa shape index (κ2) is 12.6. The Morgan fingerprint density at radius 2 is 0.873 bits per heavy atom. The van der Waals surface area contributed by atoms with Crippen molar-refractivity contribution in [3.8, 4) is 33.4 Å². The fourth-order valence-electron chi connectivity index (χ4n) is 8.17. The van der Waals surface area contributed by atoms with Crippen molar-refractivity contribution in [1.29, 1.82) is 0 Å². The quantitative estimate of drug-likeness (QED) is 0.173. The summed E-state index contributed by atoms with van der Waals surface area (Å²) in [5, 5.41) is 6.71. The standard InChI is InChI=1S/C52H33NO2/c1-3-11-34(12-4-1)35-21-27-40(28-22-35)53(48-20-10-19-44-46-31-25-38-15-7-8-16-42(38)51(46)55-52(44)48)41-29-23-36(24-30-41)39-26-32-49-47(33-39)45-18-9-17-43(50(45)54-49)37-13-5-2-6-14-37/h1-33H. The lowest BCUT2D eigenvalue weighted by molar-refractivity contribution is 0.670. The van der Waals surface area contributed by atoms with Gasteiger partial charge in [-0.2, -0.15) is 0 Å². The molecule has 3 nitrogen and oxygen atoms in total. The molecule has 0 fully saturated rings. The lowest BCUT2D eigenvalue weighted by Gasteiger charge is -2.26. The Hall–Kier alpha value is -7.36. The zero-order valence-corrected chi connectivity index (χ0v) is 29.8. The fraction of sp³-hybridized carbons (Fsp3) is 0. The highest BCUT2D eigenvalue weighted by Crippen LogP contribution is 2.44. The minimum atomic E-state index is 0.859. The van der Waals surface area contributed by atoms with E-state index in [1.54, 1.807) is 0 Å². The molecule has 11 aromatic rings. The van der Waals surface area contributed by atoms with E-state index in [9.17, 15) is 0 Å². The van der Waals surface area contributed by atoms with Gasteiger partial charge in [0, 0.05) is 43.9 Å². The summed E-state index contributed by atoms with van der Waals surface area (Å²) in [5.74, 6) is 0. The van der Waals surface area contributed by atoms with Crippen molar-refractivity contribution < 1.29 is 8.83 Å². The SMILES string of the molecule is c1ccc(-c2ccc(N(c3ccc(-c4ccc5oc6c(-c7ccccc7)cccc6c5c4)cc3)c3cccc4c3oc3c5ccccc5ccc43)cc2)cc1. The lowest BCUT2D eigenvalue weighted by Crippen LogP contribution is -2.10. The number of hydrogen-bond acceptors (Lipinski definition) is 3. The number of anilines is 3. The molecule has 0 spiro atoms. The lowest BCUT2D eigenvalue weighted by atomic mass is 10.00. The summed E-state index contributed by atoms with van der Waals surface area (Å²) < 4.78 is 13.3. The third-order valence-corrected chi connectivity index (χ3v) is 10.9. The van der Waals surface area contributed by atoms with Crippen LogP contribution in [-0.2, 0) is 0 Å². The van der Waals surface area contributed by atoms with Crippen LogP contribution in [0, 0.1) is 0 Å². The Morgan fingerprint density at radius 1 is 0.309 bits per heavy atom. The van der Waals surface area contributed by atoms with Crippen LogP contribution in [0.4, 0.5) is 17.1 Å². The molecule has 0 aliphatic rings. The zero-order chi connectivity index (χ0) is 36.3. The summed E-state index contributed by atoms with van der Waals surface area (Å²) in [7, 11) is 0. The molecule has 0 aliphatic heterocycles. The molecule has 2 aromatic heterocycles. The van der Waals surface area contributed by atoms with Crippen LogP contribution < -0.4 is 4.90 Å². The third-order valence-electron chi connectivity index (χ3n) is 10.9. The molecule has 9 aromatic carbocycles. The van der Waals surface area contributed by atoms with Crippen molar-refractivity contribution >= 4 is 71.7 Å². The molecular weight excluding hydrogens is 671 g/mol. The van der Waals surface area contributed by atoms with Gasteiger partial charge in [-0.3, -0.25) is 0 Å². The monoisotopic (exact) mass is 703 g/mol. The Bertz CT molecular complexity index is 3180. The first kappa shape index (κ1) is 31.2. The predicted octanol–water partition coefficient (Wildman–Crippen LogP) is 15.1. The highest BCUT2D eigenvalue weighted by Gasteiger charge is 2.21. The van der Waals surface area contributed by atoms with Crippen LogP contribution in [-0.4, -0.2) is 0 Å². The molecule has 0 unspecified atom stereocenters.